The zero-order valence-electron chi connectivity index (χ0n) is 8.24. The lowest BCUT2D eigenvalue weighted by atomic mass is 9.99. The van der Waals surface area contributed by atoms with Crippen LogP contribution in [0.4, 0.5) is 0 Å². The zero-order valence-corrected chi connectivity index (χ0v) is 8.24. The van der Waals surface area contributed by atoms with Crippen LogP contribution in [0.3, 0.4) is 0 Å². The van der Waals surface area contributed by atoms with Crippen molar-refractivity contribution in [2.45, 2.75) is 12.8 Å². The highest BCUT2D eigenvalue weighted by atomic mass is 15.1. The first kappa shape index (κ1) is 8.76. The van der Waals surface area contributed by atoms with Crippen molar-refractivity contribution in [1.82, 2.24) is 4.90 Å². The summed E-state index contributed by atoms with van der Waals surface area (Å²) in [5, 5.41) is 0. The minimum atomic E-state index is 0.882. The average Bonchev–Trinajstić information content (AvgIpc) is 2.53. The average molecular weight is 175 g/mol. The molecule has 0 radical (unpaired) electrons. The largest absolute Gasteiger partial charge is 0.306 e. The van der Waals surface area contributed by atoms with Gasteiger partial charge in [0, 0.05) is 6.54 Å². The van der Waals surface area contributed by atoms with Gasteiger partial charge in [-0.15, -0.1) is 0 Å². The van der Waals surface area contributed by atoms with Crippen LogP contribution in [0.5, 0.6) is 0 Å². The van der Waals surface area contributed by atoms with Gasteiger partial charge < -0.3 is 4.90 Å². The van der Waals surface area contributed by atoms with Gasteiger partial charge in [-0.3, -0.25) is 0 Å². The molecule has 1 heterocycles. The third-order valence-electron chi connectivity index (χ3n) is 2.86. The van der Waals surface area contributed by atoms with Crippen molar-refractivity contribution in [2.75, 3.05) is 20.1 Å². The second-order valence-corrected chi connectivity index (χ2v) is 4.11. The van der Waals surface area contributed by atoms with E-state index in [2.05, 4.69) is 42.3 Å². The van der Waals surface area contributed by atoms with Crippen LogP contribution in [0.1, 0.15) is 12.0 Å². The molecule has 1 aliphatic heterocycles. The Balaban J connectivity index is 1.92. The third kappa shape index (κ3) is 2.31. The highest BCUT2D eigenvalue weighted by Crippen LogP contribution is 2.18. The zero-order chi connectivity index (χ0) is 9.10. The molecule has 0 amide bonds. The van der Waals surface area contributed by atoms with Crippen molar-refractivity contribution in [1.29, 1.82) is 0 Å². The molecule has 1 atom stereocenters. The Hall–Kier alpha value is -0.820. The van der Waals surface area contributed by atoms with E-state index < -0.39 is 0 Å². The highest BCUT2D eigenvalue weighted by molar-refractivity contribution is 5.15. The van der Waals surface area contributed by atoms with Gasteiger partial charge in [-0.1, -0.05) is 30.3 Å². The van der Waals surface area contributed by atoms with Crippen LogP contribution in [0.25, 0.3) is 0 Å². The van der Waals surface area contributed by atoms with Crippen LogP contribution in [0, 0.1) is 5.92 Å². The molecule has 0 N–H and O–H groups in total. The molecule has 0 aromatic heterocycles. The summed E-state index contributed by atoms with van der Waals surface area (Å²) < 4.78 is 0. The van der Waals surface area contributed by atoms with Gasteiger partial charge in [0.1, 0.15) is 0 Å². The maximum atomic E-state index is 2.42. The van der Waals surface area contributed by atoms with Gasteiger partial charge in [-0.2, -0.15) is 0 Å². The molecule has 1 fully saturated rings. The van der Waals surface area contributed by atoms with Gasteiger partial charge in [0.05, 0.1) is 0 Å². The Kier molecular flexibility index (Phi) is 2.65. The summed E-state index contributed by atoms with van der Waals surface area (Å²) in [5.41, 5.74) is 1.49. The quantitative estimate of drug-likeness (QED) is 0.666. The van der Waals surface area contributed by atoms with Crippen molar-refractivity contribution < 1.29 is 0 Å². The van der Waals surface area contributed by atoms with Gasteiger partial charge in [-0.25, -0.2) is 0 Å². The van der Waals surface area contributed by atoms with Crippen LogP contribution in [0.2, 0.25) is 0 Å². The molecule has 1 heteroatoms. The molecule has 0 aliphatic carbocycles. The SMILES string of the molecule is CN1CCC(Cc2ccccc2)C1. The van der Waals surface area contributed by atoms with E-state index in [9.17, 15) is 0 Å². The fraction of sp³-hybridized carbons (Fsp3) is 0.500. The Morgan fingerprint density at radius 2 is 2.08 bits per heavy atom. The third-order valence-corrected chi connectivity index (χ3v) is 2.86. The van der Waals surface area contributed by atoms with Crippen molar-refractivity contribution in [2.24, 2.45) is 5.92 Å². The number of benzene rings is 1. The lowest BCUT2D eigenvalue weighted by molar-refractivity contribution is 0.394. The van der Waals surface area contributed by atoms with Gasteiger partial charge in [-0.05, 0) is 37.9 Å². The number of likely N-dealkylation sites (tertiary alicyclic amines) is 1. The summed E-state index contributed by atoms with van der Waals surface area (Å²) in [4.78, 5) is 2.42. The van der Waals surface area contributed by atoms with E-state index in [-0.39, 0.29) is 0 Å². The summed E-state index contributed by atoms with van der Waals surface area (Å²) in [6, 6.07) is 10.8. The van der Waals surface area contributed by atoms with Gasteiger partial charge in [0.2, 0.25) is 0 Å². The van der Waals surface area contributed by atoms with E-state index >= 15 is 0 Å². The van der Waals surface area contributed by atoms with E-state index in [4.69, 9.17) is 0 Å². The number of nitrogens with zero attached hydrogens (tertiary/aromatic N) is 1. The Bertz CT molecular complexity index is 255. The summed E-state index contributed by atoms with van der Waals surface area (Å²) in [6.45, 7) is 2.55. The molecule has 13 heavy (non-hydrogen) atoms. The molecule has 0 bridgehead atoms. The molecule has 2 rings (SSSR count). The highest BCUT2D eigenvalue weighted by Gasteiger charge is 2.18. The second-order valence-electron chi connectivity index (χ2n) is 4.11. The van der Waals surface area contributed by atoms with Crippen LogP contribution in [0.15, 0.2) is 30.3 Å². The molecule has 1 aromatic carbocycles. The summed E-state index contributed by atoms with van der Waals surface area (Å²) in [6.07, 6.45) is 2.62. The molecular weight excluding hydrogens is 158 g/mol. The van der Waals surface area contributed by atoms with Gasteiger partial charge >= 0.3 is 0 Å². The topological polar surface area (TPSA) is 3.24 Å². The smallest absolute Gasteiger partial charge is 0.00103 e. The van der Waals surface area contributed by atoms with Crippen molar-refractivity contribution in [3.63, 3.8) is 0 Å². The maximum Gasteiger partial charge on any atom is 0.00103 e. The predicted molar refractivity (Wildman–Crippen MR) is 55.8 cm³/mol. The number of hydrogen-bond donors (Lipinski definition) is 0. The summed E-state index contributed by atoms with van der Waals surface area (Å²) in [5.74, 6) is 0.882. The molecule has 1 aromatic rings. The van der Waals surface area contributed by atoms with E-state index in [1.54, 1.807) is 0 Å². The number of hydrogen-bond acceptors (Lipinski definition) is 1. The lowest BCUT2D eigenvalue weighted by Gasteiger charge is -2.09. The van der Waals surface area contributed by atoms with Crippen LogP contribution in [-0.2, 0) is 6.42 Å². The first-order chi connectivity index (χ1) is 6.34. The Morgan fingerprint density at radius 3 is 2.69 bits per heavy atom. The lowest BCUT2D eigenvalue weighted by Crippen LogP contribution is -2.14. The molecule has 1 aliphatic rings. The Labute approximate surface area is 80.4 Å². The van der Waals surface area contributed by atoms with E-state index in [1.165, 1.54) is 31.5 Å². The molecule has 1 saturated heterocycles. The van der Waals surface area contributed by atoms with Crippen LogP contribution < -0.4 is 0 Å². The van der Waals surface area contributed by atoms with E-state index in [1.807, 2.05) is 0 Å². The minimum Gasteiger partial charge on any atom is -0.306 e. The normalized spacial score (nSPS) is 23.6. The molecule has 0 saturated carbocycles. The standard InChI is InChI=1S/C12H17N/c1-13-8-7-12(10-13)9-11-5-3-2-4-6-11/h2-6,12H,7-10H2,1H3. The van der Waals surface area contributed by atoms with Crippen molar-refractivity contribution in [3.05, 3.63) is 35.9 Å². The first-order valence-corrected chi connectivity index (χ1v) is 5.07. The monoisotopic (exact) mass is 175 g/mol. The summed E-state index contributed by atoms with van der Waals surface area (Å²) >= 11 is 0. The van der Waals surface area contributed by atoms with Crippen molar-refractivity contribution in [3.8, 4) is 0 Å². The van der Waals surface area contributed by atoms with Gasteiger partial charge in [0.25, 0.3) is 0 Å². The second kappa shape index (κ2) is 3.93. The fourth-order valence-corrected chi connectivity index (χ4v) is 2.14. The van der Waals surface area contributed by atoms with Gasteiger partial charge in [0.15, 0.2) is 0 Å². The van der Waals surface area contributed by atoms with Crippen LogP contribution >= 0.6 is 0 Å². The Morgan fingerprint density at radius 1 is 1.31 bits per heavy atom. The van der Waals surface area contributed by atoms with E-state index in [0.717, 1.165) is 5.92 Å². The maximum absolute atomic E-state index is 2.42. The van der Waals surface area contributed by atoms with Crippen molar-refractivity contribution >= 4 is 0 Å². The first-order valence-electron chi connectivity index (χ1n) is 5.07. The fourth-order valence-electron chi connectivity index (χ4n) is 2.14. The van der Waals surface area contributed by atoms with Crippen LogP contribution in [-0.4, -0.2) is 25.0 Å². The molecular formula is C12H17N. The molecule has 70 valence electrons. The number of rotatable bonds is 2. The molecule has 1 nitrogen and oxygen atoms in total. The summed E-state index contributed by atoms with van der Waals surface area (Å²) in [7, 11) is 2.21. The minimum absolute atomic E-state index is 0.882. The predicted octanol–water partition coefficient (Wildman–Crippen LogP) is 2.18. The molecule has 0 spiro atoms. The molecule has 1 unspecified atom stereocenters. The van der Waals surface area contributed by atoms with E-state index in [0.29, 0.717) is 0 Å².